The Labute approximate surface area is 139 Å². The Kier molecular flexibility index (Phi) is 6.29. The van der Waals surface area contributed by atoms with Crippen LogP contribution in [-0.2, 0) is 4.79 Å². The summed E-state index contributed by atoms with van der Waals surface area (Å²) in [4.78, 5) is 28.1. The van der Waals surface area contributed by atoms with Crippen LogP contribution in [0.1, 0.15) is 42.2 Å². The van der Waals surface area contributed by atoms with Crippen molar-refractivity contribution in [1.82, 2.24) is 4.98 Å². The van der Waals surface area contributed by atoms with Crippen LogP contribution in [0, 0.1) is 6.92 Å². The third-order valence-electron chi connectivity index (χ3n) is 3.09. The fourth-order valence-corrected chi connectivity index (χ4v) is 2.63. The number of nitrogens with one attached hydrogen (secondary N) is 1. The summed E-state index contributed by atoms with van der Waals surface area (Å²) in [6.07, 6.45) is 1.26. The van der Waals surface area contributed by atoms with Gasteiger partial charge in [0.25, 0.3) is 0 Å². The highest BCUT2D eigenvalue weighted by molar-refractivity contribution is 7.13. The summed E-state index contributed by atoms with van der Waals surface area (Å²) in [5.74, 6) is 0.494. The Morgan fingerprint density at radius 2 is 1.96 bits per heavy atom. The normalized spacial score (nSPS) is 10.3. The van der Waals surface area contributed by atoms with Crippen molar-refractivity contribution in [2.75, 3.05) is 11.9 Å². The minimum absolute atomic E-state index is 0.0579. The van der Waals surface area contributed by atoms with Gasteiger partial charge in [-0.1, -0.05) is 6.92 Å². The summed E-state index contributed by atoms with van der Waals surface area (Å²) in [6, 6.07) is 7.02. The summed E-state index contributed by atoms with van der Waals surface area (Å²) >= 11 is 1.37. The first-order chi connectivity index (χ1) is 11.1. The van der Waals surface area contributed by atoms with Gasteiger partial charge in [0.2, 0.25) is 5.91 Å². The summed E-state index contributed by atoms with van der Waals surface area (Å²) in [7, 11) is 0. The average Bonchev–Trinajstić information content (AvgIpc) is 2.96. The number of amides is 1. The largest absolute Gasteiger partial charge is 0.494 e. The zero-order valence-electron chi connectivity index (χ0n) is 13.3. The molecule has 0 aliphatic heterocycles. The van der Waals surface area contributed by atoms with Crippen molar-refractivity contribution in [1.29, 1.82) is 0 Å². The van der Waals surface area contributed by atoms with Gasteiger partial charge in [0.15, 0.2) is 10.9 Å². The number of thiazole rings is 1. The van der Waals surface area contributed by atoms with Crippen molar-refractivity contribution in [3.8, 4) is 5.75 Å². The second-order valence-corrected chi connectivity index (χ2v) is 6.00. The van der Waals surface area contributed by atoms with Gasteiger partial charge in [-0.3, -0.25) is 9.59 Å². The molecule has 2 rings (SSSR count). The van der Waals surface area contributed by atoms with E-state index in [9.17, 15) is 9.59 Å². The van der Waals surface area contributed by atoms with E-state index >= 15 is 0 Å². The molecule has 1 N–H and O–H groups in total. The van der Waals surface area contributed by atoms with Crippen LogP contribution >= 0.6 is 11.3 Å². The van der Waals surface area contributed by atoms with Crippen LogP contribution in [0.15, 0.2) is 29.6 Å². The van der Waals surface area contributed by atoms with Gasteiger partial charge < -0.3 is 10.1 Å². The lowest BCUT2D eigenvalue weighted by Gasteiger charge is -2.05. The Morgan fingerprint density at radius 1 is 1.22 bits per heavy atom. The number of nitrogens with zero attached hydrogens (tertiary/aromatic N) is 1. The molecule has 0 aliphatic rings. The van der Waals surface area contributed by atoms with Crippen LogP contribution in [0.5, 0.6) is 5.75 Å². The molecular formula is C17H20N2O3S. The van der Waals surface area contributed by atoms with Gasteiger partial charge in [0.05, 0.1) is 12.3 Å². The minimum Gasteiger partial charge on any atom is -0.494 e. The minimum atomic E-state index is -0.199. The van der Waals surface area contributed by atoms with E-state index < -0.39 is 0 Å². The van der Waals surface area contributed by atoms with Crippen LogP contribution < -0.4 is 10.1 Å². The summed E-state index contributed by atoms with van der Waals surface area (Å²) in [6.45, 7) is 4.56. The van der Waals surface area contributed by atoms with Gasteiger partial charge >= 0.3 is 0 Å². The van der Waals surface area contributed by atoms with Crippen LogP contribution in [0.2, 0.25) is 0 Å². The van der Waals surface area contributed by atoms with E-state index in [1.54, 1.807) is 24.3 Å². The third-order valence-corrected chi connectivity index (χ3v) is 3.97. The molecule has 0 fully saturated rings. The number of benzene rings is 1. The van der Waals surface area contributed by atoms with E-state index in [4.69, 9.17) is 4.74 Å². The molecular weight excluding hydrogens is 312 g/mol. The highest BCUT2D eigenvalue weighted by Gasteiger charge is 2.11. The fraction of sp³-hybridized carbons (Fsp3) is 0.353. The lowest BCUT2D eigenvalue weighted by Crippen LogP contribution is -2.13. The Hall–Kier alpha value is -2.21. The molecule has 1 aromatic heterocycles. The smallest absolute Gasteiger partial charge is 0.226 e. The van der Waals surface area contributed by atoms with Crippen LogP contribution in [0.3, 0.4) is 0 Å². The molecule has 0 spiro atoms. The molecule has 0 saturated carbocycles. The molecule has 0 atom stereocenters. The van der Waals surface area contributed by atoms with E-state index in [1.807, 2.05) is 19.2 Å². The van der Waals surface area contributed by atoms with Crippen molar-refractivity contribution in [2.45, 2.75) is 33.1 Å². The van der Waals surface area contributed by atoms with Gasteiger partial charge in [-0.15, -0.1) is 11.3 Å². The molecule has 6 heteroatoms. The molecule has 2 aromatic rings. The quantitative estimate of drug-likeness (QED) is 0.746. The summed E-state index contributed by atoms with van der Waals surface area (Å²) in [5.41, 5.74) is 1.46. The molecule has 1 heterocycles. The van der Waals surface area contributed by atoms with Crippen LogP contribution in [0.4, 0.5) is 5.13 Å². The second-order valence-electron chi connectivity index (χ2n) is 5.14. The maximum Gasteiger partial charge on any atom is 0.226 e. The molecule has 1 aromatic carbocycles. The Morgan fingerprint density at radius 3 is 2.57 bits per heavy atom. The van der Waals surface area contributed by atoms with E-state index in [1.165, 1.54) is 11.3 Å². The summed E-state index contributed by atoms with van der Waals surface area (Å²) < 4.78 is 5.48. The Balaban J connectivity index is 1.80. The topological polar surface area (TPSA) is 68.3 Å². The molecule has 0 aliphatic carbocycles. The van der Waals surface area contributed by atoms with Gasteiger partial charge in [-0.2, -0.15) is 0 Å². The molecule has 0 saturated heterocycles. The number of hydrogen-bond donors (Lipinski definition) is 1. The van der Waals surface area contributed by atoms with E-state index in [0.29, 0.717) is 17.3 Å². The van der Waals surface area contributed by atoms with Crippen molar-refractivity contribution in [3.63, 3.8) is 0 Å². The van der Waals surface area contributed by atoms with E-state index in [0.717, 1.165) is 17.9 Å². The maximum absolute atomic E-state index is 12.1. The van der Waals surface area contributed by atoms with Crippen LogP contribution in [0.25, 0.3) is 0 Å². The average molecular weight is 332 g/mol. The maximum atomic E-state index is 12.1. The van der Waals surface area contributed by atoms with E-state index in [-0.39, 0.29) is 24.5 Å². The van der Waals surface area contributed by atoms with Crippen LogP contribution in [-0.4, -0.2) is 23.3 Å². The lowest BCUT2D eigenvalue weighted by molar-refractivity contribution is -0.116. The van der Waals surface area contributed by atoms with Crippen molar-refractivity contribution >= 4 is 28.2 Å². The zero-order valence-corrected chi connectivity index (χ0v) is 14.1. The number of carbonyl (C=O) groups excluding carboxylic acids is 2. The zero-order chi connectivity index (χ0) is 16.7. The highest BCUT2D eigenvalue weighted by atomic mass is 32.1. The van der Waals surface area contributed by atoms with E-state index in [2.05, 4.69) is 10.3 Å². The van der Waals surface area contributed by atoms with Gasteiger partial charge in [-0.05, 0) is 37.6 Å². The SMILES string of the molecule is CCCOc1ccc(C(=O)CCC(=O)Nc2nc(C)cs2)cc1. The monoisotopic (exact) mass is 332 g/mol. The van der Waals surface area contributed by atoms with Crippen molar-refractivity contribution in [3.05, 3.63) is 40.9 Å². The van der Waals surface area contributed by atoms with Gasteiger partial charge in [0, 0.05) is 23.8 Å². The van der Waals surface area contributed by atoms with Crippen molar-refractivity contribution in [2.24, 2.45) is 0 Å². The molecule has 0 radical (unpaired) electrons. The first-order valence-electron chi connectivity index (χ1n) is 7.56. The van der Waals surface area contributed by atoms with Gasteiger partial charge in [-0.25, -0.2) is 4.98 Å². The number of ether oxygens (including phenoxy) is 1. The predicted molar refractivity (Wildman–Crippen MR) is 91.3 cm³/mol. The summed E-state index contributed by atoms with van der Waals surface area (Å²) in [5, 5.41) is 5.13. The second kappa shape index (κ2) is 8.43. The number of aromatic nitrogens is 1. The molecule has 1 amide bonds. The first kappa shape index (κ1) is 17.1. The number of Topliss-reactive ketones (excluding diaryl/α,β-unsaturated/α-hetero) is 1. The highest BCUT2D eigenvalue weighted by Crippen LogP contribution is 2.16. The number of anilines is 1. The number of rotatable bonds is 8. The molecule has 122 valence electrons. The number of hydrogen-bond acceptors (Lipinski definition) is 5. The number of carbonyl (C=O) groups is 2. The van der Waals surface area contributed by atoms with Gasteiger partial charge in [0.1, 0.15) is 5.75 Å². The molecule has 0 bridgehead atoms. The third kappa shape index (κ3) is 5.49. The predicted octanol–water partition coefficient (Wildman–Crippen LogP) is 3.84. The van der Waals surface area contributed by atoms with Crippen molar-refractivity contribution < 1.29 is 14.3 Å². The Bertz CT molecular complexity index is 665. The fourth-order valence-electron chi connectivity index (χ4n) is 1.92. The first-order valence-corrected chi connectivity index (χ1v) is 8.44. The standard InChI is InChI=1S/C17H20N2O3S/c1-3-10-22-14-6-4-13(5-7-14)15(20)8-9-16(21)19-17-18-12(2)11-23-17/h4-7,11H,3,8-10H2,1-2H3,(H,18,19,21). The molecule has 5 nitrogen and oxygen atoms in total. The molecule has 23 heavy (non-hydrogen) atoms. The number of ketones is 1. The lowest BCUT2D eigenvalue weighted by atomic mass is 10.1. The molecule has 0 unspecified atom stereocenters. The number of aryl methyl sites for hydroxylation is 1.